The summed E-state index contributed by atoms with van der Waals surface area (Å²) in [7, 11) is 0. The topological polar surface area (TPSA) is 12.0 Å². The summed E-state index contributed by atoms with van der Waals surface area (Å²) in [4.78, 5) is 0. The first-order valence-corrected chi connectivity index (χ1v) is 8.18. The Labute approximate surface area is 104 Å². The molecule has 0 aliphatic carbocycles. The van der Waals surface area contributed by atoms with Crippen molar-refractivity contribution in [3.8, 4) is 0 Å². The summed E-state index contributed by atoms with van der Waals surface area (Å²) >= 11 is 4.34. The zero-order chi connectivity index (χ0) is 11.3. The maximum absolute atomic E-state index is 3.69. The van der Waals surface area contributed by atoms with Gasteiger partial charge < -0.3 is 5.32 Å². The van der Waals surface area contributed by atoms with Crippen molar-refractivity contribution in [2.24, 2.45) is 0 Å². The number of hydrogen-bond donors (Lipinski definition) is 1. The van der Waals surface area contributed by atoms with Crippen LogP contribution in [0.15, 0.2) is 0 Å². The van der Waals surface area contributed by atoms with Crippen LogP contribution in [0, 0.1) is 0 Å². The van der Waals surface area contributed by atoms with Gasteiger partial charge in [0.2, 0.25) is 0 Å². The first-order chi connectivity index (χ1) is 7.19. The third-order valence-corrected chi connectivity index (χ3v) is 6.67. The molecular weight excluding hydrogens is 222 g/mol. The van der Waals surface area contributed by atoms with Crippen molar-refractivity contribution in [3.05, 3.63) is 0 Å². The lowest BCUT2D eigenvalue weighted by molar-refractivity contribution is 0.494. The van der Waals surface area contributed by atoms with Crippen LogP contribution in [-0.2, 0) is 0 Å². The second-order valence-electron chi connectivity index (χ2n) is 4.39. The van der Waals surface area contributed by atoms with Gasteiger partial charge in [-0.2, -0.15) is 23.5 Å². The molecule has 0 aromatic heterocycles. The third kappa shape index (κ3) is 4.20. The van der Waals surface area contributed by atoms with E-state index in [2.05, 4.69) is 56.5 Å². The summed E-state index contributed by atoms with van der Waals surface area (Å²) < 4.78 is 0. The maximum Gasteiger partial charge on any atom is 0.0294 e. The minimum Gasteiger partial charge on any atom is -0.313 e. The van der Waals surface area contributed by atoms with Crippen LogP contribution in [0.25, 0.3) is 0 Å². The molecule has 1 aliphatic rings. The summed E-state index contributed by atoms with van der Waals surface area (Å²) in [5.41, 5.74) is 0. The molecule has 0 bridgehead atoms. The Balaban J connectivity index is 2.39. The number of nitrogens with one attached hydrogen (secondary N) is 1. The number of rotatable bonds is 5. The van der Waals surface area contributed by atoms with E-state index in [-0.39, 0.29) is 0 Å². The molecule has 1 aliphatic heterocycles. The molecular formula is C12H25NS2. The molecule has 0 aromatic carbocycles. The highest BCUT2D eigenvalue weighted by Gasteiger charge is 2.29. The van der Waals surface area contributed by atoms with Crippen LogP contribution < -0.4 is 5.32 Å². The first kappa shape index (κ1) is 13.7. The summed E-state index contributed by atoms with van der Waals surface area (Å²) in [6.45, 7) is 10.5. The average Bonchev–Trinajstić information content (AvgIpc) is 2.24. The van der Waals surface area contributed by atoms with Crippen LogP contribution >= 0.6 is 23.5 Å². The predicted molar refractivity (Wildman–Crippen MR) is 75.1 cm³/mol. The van der Waals surface area contributed by atoms with Crippen LogP contribution in [0.5, 0.6) is 0 Å². The zero-order valence-electron chi connectivity index (χ0n) is 10.5. The van der Waals surface area contributed by atoms with Gasteiger partial charge in [0.25, 0.3) is 0 Å². The van der Waals surface area contributed by atoms with E-state index in [1.54, 1.807) is 0 Å². The molecule has 0 radical (unpaired) electrons. The van der Waals surface area contributed by atoms with Gasteiger partial charge in [-0.25, -0.2) is 0 Å². The lowest BCUT2D eigenvalue weighted by Gasteiger charge is -2.36. The van der Waals surface area contributed by atoms with Crippen molar-refractivity contribution in [2.75, 3.05) is 12.3 Å². The van der Waals surface area contributed by atoms with Crippen LogP contribution in [0.4, 0.5) is 0 Å². The lowest BCUT2D eigenvalue weighted by Crippen LogP contribution is -2.43. The second-order valence-corrected chi connectivity index (χ2v) is 7.42. The van der Waals surface area contributed by atoms with E-state index in [0.717, 1.165) is 21.8 Å². The Bertz CT molecular complexity index is 175. The molecule has 15 heavy (non-hydrogen) atoms. The Morgan fingerprint density at radius 3 is 2.53 bits per heavy atom. The van der Waals surface area contributed by atoms with E-state index in [1.807, 2.05) is 0 Å². The maximum atomic E-state index is 3.69. The van der Waals surface area contributed by atoms with Crippen molar-refractivity contribution >= 4 is 23.5 Å². The molecule has 4 atom stereocenters. The van der Waals surface area contributed by atoms with Gasteiger partial charge in [0, 0.05) is 27.5 Å². The average molecular weight is 247 g/mol. The summed E-state index contributed by atoms with van der Waals surface area (Å²) in [5, 5.41) is 6.15. The Hall–Kier alpha value is 0.660. The summed E-state index contributed by atoms with van der Waals surface area (Å²) in [6.07, 6.45) is 2.51. The van der Waals surface area contributed by atoms with Crippen LogP contribution in [0.1, 0.15) is 40.5 Å². The molecule has 0 spiro atoms. The predicted octanol–water partition coefficient (Wildman–Crippen LogP) is 3.39. The van der Waals surface area contributed by atoms with Crippen LogP contribution in [0.2, 0.25) is 0 Å². The fourth-order valence-corrected chi connectivity index (χ4v) is 5.11. The van der Waals surface area contributed by atoms with Gasteiger partial charge in [-0.05, 0) is 19.4 Å². The van der Waals surface area contributed by atoms with E-state index in [4.69, 9.17) is 0 Å². The SMILES string of the molecule is CCCNC(CC)C1CSC(C)C(C)S1. The van der Waals surface area contributed by atoms with Gasteiger partial charge >= 0.3 is 0 Å². The van der Waals surface area contributed by atoms with E-state index in [0.29, 0.717) is 0 Å². The van der Waals surface area contributed by atoms with Crippen LogP contribution in [0.3, 0.4) is 0 Å². The van der Waals surface area contributed by atoms with Crippen molar-refractivity contribution in [3.63, 3.8) is 0 Å². The Morgan fingerprint density at radius 2 is 2.00 bits per heavy atom. The largest absolute Gasteiger partial charge is 0.313 e. The van der Waals surface area contributed by atoms with Crippen LogP contribution in [-0.4, -0.2) is 34.1 Å². The van der Waals surface area contributed by atoms with Gasteiger partial charge in [-0.15, -0.1) is 0 Å². The highest BCUT2D eigenvalue weighted by Crippen LogP contribution is 2.37. The number of thioether (sulfide) groups is 2. The standard InChI is InChI=1S/C12H25NS2/c1-5-7-13-11(6-2)12-8-14-9(3)10(4)15-12/h9-13H,5-8H2,1-4H3. The second kappa shape index (κ2) is 7.08. The Kier molecular flexibility index (Phi) is 6.48. The zero-order valence-corrected chi connectivity index (χ0v) is 12.1. The minimum atomic E-state index is 0.720. The number of hydrogen-bond acceptors (Lipinski definition) is 3. The lowest BCUT2D eigenvalue weighted by atomic mass is 10.1. The molecule has 1 N–H and O–H groups in total. The van der Waals surface area contributed by atoms with Gasteiger partial charge in [0.05, 0.1) is 0 Å². The van der Waals surface area contributed by atoms with Crippen molar-refractivity contribution in [1.29, 1.82) is 0 Å². The van der Waals surface area contributed by atoms with Gasteiger partial charge in [-0.3, -0.25) is 0 Å². The van der Waals surface area contributed by atoms with Gasteiger partial charge in [0.1, 0.15) is 0 Å². The van der Waals surface area contributed by atoms with E-state index >= 15 is 0 Å². The molecule has 0 aromatic rings. The quantitative estimate of drug-likeness (QED) is 0.800. The minimum absolute atomic E-state index is 0.720. The summed E-state index contributed by atoms with van der Waals surface area (Å²) in [6, 6.07) is 0.720. The van der Waals surface area contributed by atoms with Crippen molar-refractivity contribution < 1.29 is 0 Å². The summed E-state index contributed by atoms with van der Waals surface area (Å²) in [5.74, 6) is 1.32. The van der Waals surface area contributed by atoms with Crippen molar-refractivity contribution in [2.45, 2.75) is 62.3 Å². The highest BCUT2D eigenvalue weighted by atomic mass is 32.2. The normalized spacial score (nSPS) is 34.0. The molecule has 1 heterocycles. The molecule has 3 heteroatoms. The monoisotopic (exact) mass is 247 g/mol. The third-order valence-electron chi connectivity index (χ3n) is 3.12. The molecule has 0 amide bonds. The molecule has 1 fully saturated rings. The van der Waals surface area contributed by atoms with E-state index in [1.165, 1.54) is 25.1 Å². The van der Waals surface area contributed by atoms with E-state index < -0.39 is 0 Å². The molecule has 1 nitrogen and oxygen atoms in total. The molecule has 90 valence electrons. The molecule has 0 saturated carbocycles. The molecule has 4 unspecified atom stereocenters. The fourth-order valence-electron chi connectivity index (χ4n) is 1.89. The van der Waals surface area contributed by atoms with Crippen molar-refractivity contribution in [1.82, 2.24) is 5.32 Å². The highest BCUT2D eigenvalue weighted by molar-refractivity contribution is 8.07. The molecule has 1 saturated heterocycles. The van der Waals surface area contributed by atoms with E-state index in [9.17, 15) is 0 Å². The first-order valence-electron chi connectivity index (χ1n) is 6.19. The van der Waals surface area contributed by atoms with Gasteiger partial charge in [0.15, 0.2) is 0 Å². The molecule has 1 rings (SSSR count). The Morgan fingerprint density at radius 1 is 1.27 bits per heavy atom. The smallest absolute Gasteiger partial charge is 0.0294 e. The van der Waals surface area contributed by atoms with Gasteiger partial charge in [-0.1, -0.05) is 27.7 Å². The fraction of sp³-hybridized carbons (Fsp3) is 1.00.